The maximum absolute atomic E-state index is 14.2. The number of nitrogens with zero attached hydrogens (tertiary/aromatic N) is 3. The molecule has 4 heterocycles. The summed E-state index contributed by atoms with van der Waals surface area (Å²) in [4.78, 5) is 70.4. The smallest absolute Gasteiger partial charge is 0.338 e. The maximum atomic E-state index is 14.2. The van der Waals surface area contributed by atoms with Crippen LogP contribution in [0.4, 0.5) is 5.69 Å². The predicted molar refractivity (Wildman–Crippen MR) is 171 cm³/mol. The fourth-order valence-electron chi connectivity index (χ4n) is 6.07. The van der Waals surface area contributed by atoms with E-state index < -0.39 is 29.0 Å². The van der Waals surface area contributed by atoms with Gasteiger partial charge in [0.15, 0.2) is 0 Å². The zero-order valence-electron chi connectivity index (χ0n) is 25.6. The largest absolute Gasteiger partial charge is 0.462 e. The molecular formula is C33H35N3O7S2. The van der Waals surface area contributed by atoms with E-state index in [-0.39, 0.29) is 35.3 Å². The number of carbonyl (C=O) groups excluding carboxylic acids is 4. The van der Waals surface area contributed by atoms with Gasteiger partial charge in [-0.3, -0.25) is 23.7 Å². The number of ether oxygens (including phenoxy) is 2. The highest BCUT2D eigenvalue weighted by atomic mass is 32.2. The molecule has 236 valence electrons. The summed E-state index contributed by atoms with van der Waals surface area (Å²) in [6, 6.07) is 14.2. The normalized spacial score (nSPS) is 21.5. The van der Waals surface area contributed by atoms with Crippen molar-refractivity contribution in [1.82, 2.24) is 9.47 Å². The Balaban J connectivity index is 1.40. The van der Waals surface area contributed by atoms with Crippen LogP contribution in [0.15, 0.2) is 58.4 Å². The molecule has 3 aliphatic heterocycles. The number of rotatable bonds is 6. The van der Waals surface area contributed by atoms with Gasteiger partial charge in [-0.2, -0.15) is 0 Å². The molecule has 3 atom stereocenters. The van der Waals surface area contributed by atoms with E-state index in [0.717, 1.165) is 22.5 Å². The Labute approximate surface area is 269 Å². The van der Waals surface area contributed by atoms with Crippen molar-refractivity contribution in [3.63, 3.8) is 0 Å². The number of thioether (sulfide) groups is 1. The van der Waals surface area contributed by atoms with Gasteiger partial charge in [0.25, 0.3) is 0 Å². The first-order chi connectivity index (χ1) is 21.5. The molecule has 0 bridgehead atoms. The van der Waals surface area contributed by atoms with Gasteiger partial charge in [0.2, 0.25) is 17.7 Å². The second kappa shape index (κ2) is 12.2. The van der Waals surface area contributed by atoms with Crippen molar-refractivity contribution in [3.8, 4) is 0 Å². The molecule has 6 rings (SSSR count). The third-order valence-corrected chi connectivity index (χ3v) is 11.1. The second-order valence-electron chi connectivity index (χ2n) is 12.3. The van der Waals surface area contributed by atoms with Crippen LogP contribution in [0.2, 0.25) is 0 Å². The predicted octanol–water partition coefficient (Wildman–Crippen LogP) is 4.04. The highest BCUT2D eigenvalue weighted by molar-refractivity contribution is 8.00. The number of hydrogen-bond acceptors (Lipinski definition) is 9. The molecule has 45 heavy (non-hydrogen) atoms. The van der Waals surface area contributed by atoms with Crippen LogP contribution in [0.3, 0.4) is 0 Å². The van der Waals surface area contributed by atoms with E-state index in [1.165, 1.54) is 33.4 Å². The number of esters is 1. The molecule has 0 N–H and O–H groups in total. The van der Waals surface area contributed by atoms with Crippen LogP contribution in [0.1, 0.15) is 60.0 Å². The van der Waals surface area contributed by atoms with Crippen LogP contribution in [0.5, 0.6) is 0 Å². The average Bonchev–Trinajstić information content (AvgIpc) is 3.47. The van der Waals surface area contributed by atoms with Crippen LogP contribution < -0.4 is 9.77 Å². The van der Waals surface area contributed by atoms with Crippen molar-refractivity contribution < 1.29 is 28.7 Å². The van der Waals surface area contributed by atoms with Gasteiger partial charge >= 0.3 is 10.8 Å². The molecule has 2 saturated heterocycles. The summed E-state index contributed by atoms with van der Waals surface area (Å²) in [5.41, 5.74) is 2.53. The second-order valence-corrected chi connectivity index (χ2v) is 14.4. The summed E-state index contributed by atoms with van der Waals surface area (Å²) in [5, 5.41) is -0.251. The van der Waals surface area contributed by atoms with Gasteiger partial charge in [0, 0.05) is 23.9 Å². The van der Waals surface area contributed by atoms with Crippen LogP contribution in [0.25, 0.3) is 0 Å². The molecule has 2 unspecified atom stereocenters. The lowest BCUT2D eigenvalue weighted by Gasteiger charge is -2.31. The number of anilines is 1. The van der Waals surface area contributed by atoms with Crippen molar-refractivity contribution in [2.45, 2.75) is 55.8 Å². The highest BCUT2D eigenvalue weighted by Crippen LogP contribution is 2.54. The van der Waals surface area contributed by atoms with E-state index in [1.807, 2.05) is 24.3 Å². The van der Waals surface area contributed by atoms with Crippen LogP contribution in [-0.4, -0.2) is 71.3 Å². The van der Waals surface area contributed by atoms with Gasteiger partial charge in [-0.25, -0.2) is 9.69 Å². The van der Waals surface area contributed by atoms with Gasteiger partial charge < -0.3 is 14.4 Å². The molecule has 3 amide bonds. The fraction of sp³-hybridized carbons (Fsp3) is 0.424. The number of fused-ring (bicyclic) bond motifs is 2. The Morgan fingerprint density at radius 1 is 0.956 bits per heavy atom. The lowest BCUT2D eigenvalue weighted by atomic mass is 9.81. The van der Waals surface area contributed by atoms with Crippen molar-refractivity contribution in [3.05, 3.63) is 79.8 Å². The highest BCUT2D eigenvalue weighted by Gasteiger charge is 2.57. The van der Waals surface area contributed by atoms with E-state index in [0.29, 0.717) is 47.5 Å². The van der Waals surface area contributed by atoms with Gasteiger partial charge in [0.05, 0.1) is 42.0 Å². The maximum Gasteiger partial charge on any atom is 0.338 e. The standard InChI is InChI=1S/C33H35N3O7S2/c1-5-43-31(40)20-8-12-22(13-9-20)36-28(38)25-24(19-6-10-21(11-7-19)33(2,3)4)27-30(44-26(25)29(36)39)35(32(41)45-27)18-23(37)34-14-16-42-17-15-34/h6-13,24-26H,5,14-18H2,1-4H3/t24-,25?,26?/m1/s1. The number of thiazole rings is 1. The molecule has 0 aliphatic carbocycles. The first-order valence-corrected chi connectivity index (χ1v) is 16.7. The lowest BCUT2D eigenvalue weighted by molar-refractivity contribution is -0.136. The summed E-state index contributed by atoms with van der Waals surface area (Å²) in [7, 11) is 0. The van der Waals surface area contributed by atoms with E-state index in [4.69, 9.17) is 9.47 Å². The number of amides is 3. The molecular weight excluding hydrogens is 615 g/mol. The molecule has 2 aromatic carbocycles. The average molecular weight is 650 g/mol. The van der Waals surface area contributed by atoms with Gasteiger partial charge in [-0.15, -0.1) is 0 Å². The van der Waals surface area contributed by atoms with Gasteiger partial charge in [-0.05, 0) is 47.7 Å². The zero-order valence-corrected chi connectivity index (χ0v) is 27.2. The van der Waals surface area contributed by atoms with Crippen molar-refractivity contribution in [2.75, 3.05) is 37.8 Å². The molecule has 2 fully saturated rings. The fourth-order valence-corrected chi connectivity index (χ4v) is 8.84. The number of carbonyl (C=O) groups is 4. The van der Waals surface area contributed by atoms with Crippen LogP contribution >= 0.6 is 23.1 Å². The Morgan fingerprint density at radius 2 is 1.62 bits per heavy atom. The van der Waals surface area contributed by atoms with Crippen molar-refractivity contribution in [1.29, 1.82) is 0 Å². The van der Waals surface area contributed by atoms with E-state index in [9.17, 15) is 24.0 Å². The van der Waals surface area contributed by atoms with Crippen molar-refractivity contribution in [2.24, 2.45) is 5.92 Å². The SMILES string of the molecule is CCOC(=O)c1ccc(N2C(=O)C3Sc4c(sc(=O)n4CC(=O)N4CCOCC4)[C@H](c4ccc(C(C)(C)C)cc4)C3C2=O)cc1. The van der Waals surface area contributed by atoms with E-state index in [2.05, 4.69) is 20.8 Å². The molecule has 10 nitrogen and oxygen atoms in total. The third-order valence-electron chi connectivity index (χ3n) is 8.48. The molecule has 0 spiro atoms. The monoisotopic (exact) mass is 649 g/mol. The molecule has 1 aromatic heterocycles. The quantitative estimate of drug-likeness (QED) is 0.291. The Hall–Kier alpha value is -3.74. The lowest BCUT2D eigenvalue weighted by Crippen LogP contribution is -2.43. The zero-order chi connectivity index (χ0) is 32.0. The van der Waals surface area contributed by atoms with E-state index in [1.54, 1.807) is 24.0 Å². The third kappa shape index (κ3) is 5.75. The molecule has 12 heteroatoms. The van der Waals surface area contributed by atoms with Crippen LogP contribution in [0, 0.1) is 5.92 Å². The summed E-state index contributed by atoms with van der Waals surface area (Å²) in [6.07, 6.45) is 0. The molecule has 0 saturated carbocycles. The van der Waals surface area contributed by atoms with Gasteiger partial charge in [0.1, 0.15) is 11.8 Å². The summed E-state index contributed by atoms with van der Waals surface area (Å²) in [6.45, 7) is 9.97. The first-order valence-electron chi connectivity index (χ1n) is 15.0. The summed E-state index contributed by atoms with van der Waals surface area (Å²) >= 11 is 2.22. The Morgan fingerprint density at radius 3 is 2.24 bits per heavy atom. The number of imide groups is 1. The molecule has 0 radical (unpaired) electrons. The topological polar surface area (TPSA) is 115 Å². The number of hydrogen-bond donors (Lipinski definition) is 0. The first kappa shape index (κ1) is 31.3. The Kier molecular flexibility index (Phi) is 8.49. The molecule has 3 aromatic rings. The number of benzene rings is 2. The summed E-state index contributed by atoms with van der Waals surface area (Å²) in [5.74, 6) is -2.76. The number of aromatic nitrogens is 1. The van der Waals surface area contributed by atoms with Gasteiger partial charge in [-0.1, -0.05) is 68.1 Å². The Bertz CT molecular complexity index is 1700. The number of morpholine rings is 1. The van der Waals surface area contributed by atoms with E-state index >= 15 is 0 Å². The minimum absolute atomic E-state index is 0.0890. The summed E-state index contributed by atoms with van der Waals surface area (Å²) < 4.78 is 11.9. The van der Waals surface area contributed by atoms with Crippen molar-refractivity contribution >= 4 is 52.5 Å². The minimum atomic E-state index is -0.805. The minimum Gasteiger partial charge on any atom is -0.462 e. The van der Waals surface area contributed by atoms with Crippen LogP contribution in [-0.2, 0) is 35.8 Å². The molecule has 3 aliphatic rings.